The first-order valence-electron chi connectivity index (χ1n) is 6.59. The van der Waals surface area contributed by atoms with Crippen molar-refractivity contribution in [3.05, 3.63) is 0 Å². The fourth-order valence-electron chi connectivity index (χ4n) is 1.40. The summed E-state index contributed by atoms with van der Waals surface area (Å²) in [5.74, 6) is -1.93. The van der Waals surface area contributed by atoms with Gasteiger partial charge in [0.05, 0.1) is 6.54 Å². The molecule has 1 heterocycles. The molecule has 22 heavy (non-hydrogen) atoms. The van der Waals surface area contributed by atoms with Gasteiger partial charge in [-0.2, -0.15) is 0 Å². The number of carboxylic acids is 2. The van der Waals surface area contributed by atoms with E-state index >= 15 is 0 Å². The van der Waals surface area contributed by atoms with Crippen LogP contribution in [0.25, 0.3) is 0 Å². The summed E-state index contributed by atoms with van der Waals surface area (Å²) in [5, 5.41) is 16.7. The quantitative estimate of drug-likeness (QED) is 0.265. The molecule has 0 unspecified atom stereocenters. The van der Waals surface area contributed by atoms with E-state index in [0.717, 1.165) is 18.6 Å². The first-order valence-corrected chi connectivity index (χ1v) is 6.59. The third kappa shape index (κ3) is 11.4. The Morgan fingerprint density at radius 2 is 1.77 bits per heavy atom. The van der Waals surface area contributed by atoms with Crippen molar-refractivity contribution in [3.8, 4) is 0 Å². The molecule has 10 heteroatoms. The molecule has 0 spiro atoms. The van der Waals surface area contributed by atoms with Crippen molar-refractivity contribution in [3.63, 3.8) is 0 Å². The fourth-order valence-corrected chi connectivity index (χ4v) is 1.40. The monoisotopic (exact) mass is 364 g/mol. The predicted octanol–water partition coefficient (Wildman–Crippen LogP) is -1.20. The van der Waals surface area contributed by atoms with E-state index in [9.17, 15) is 9.59 Å². The number of hydrogen-bond acceptors (Lipinski definition) is 7. The SMILES string of the molecule is NCCCC[C@H](N)C(=O)O.N[C@@H](CC1=NC=NC1)C(=O)O.[Cu]. The smallest absolute Gasteiger partial charge is 0.320 e. The van der Waals surface area contributed by atoms with Crippen LogP contribution in [0.1, 0.15) is 25.7 Å². The summed E-state index contributed by atoms with van der Waals surface area (Å²) in [4.78, 5) is 28.0. The second-order valence-electron chi connectivity index (χ2n) is 4.53. The molecule has 1 aliphatic heterocycles. The Morgan fingerprint density at radius 1 is 1.18 bits per heavy atom. The number of nitrogens with two attached hydrogens (primary N) is 3. The zero-order valence-corrected chi connectivity index (χ0v) is 13.1. The summed E-state index contributed by atoms with van der Waals surface area (Å²) in [6.07, 6.45) is 3.87. The molecule has 2 atom stereocenters. The molecule has 0 aliphatic carbocycles. The molecule has 8 N–H and O–H groups in total. The van der Waals surface area contributed by atoms with E-state index in [-0.39, 0.29) is 23.5 Å². The minimum atomic E-state index is -1.00. The van der Waals surface area contributed by atoms with Gasteiger partial charge >= 0.3 is 11.9 Å². The Morgan fingerprint density at radius 3 is 2.18 bits per heavy atom. The predicted molar refractivity (Wildman–Crippen MR) is 79.5 cm³/mol. The Kier molecular flexibility index (Phi) is 13.9. The molecule has 0 saturated carbocycles. The molecule has 0 saturated heterocycles. The van der Waals surface area contributed by atoms with Crippen LogP contribution in [0, 0.1) is 0 Å². The molecule has 0 aromatic heterocycles. The molecule has 0 amide bonds. The largest absolute Gasteiger partial charge is 0.480 e. The number of unbranched alkanes of at least 4 members (excludes halogenated alkanes) is 1. The summed E-state index contributed by atoms with van der Waals surface area (Å²) in [6.45, 7) is 1.09. The van der Waals surface area contributed by atoms with E-state index in [2.05, 4.69) is 9.98 Å². The molecule has 1 radical (unpaired) electrons. The van der Waals surface area contributed by atoms with E-state index in [4.69, 9.17) is 27.4 Å². The third-order valence-corrected chi connectivity index (χ3v) is 2.65. The van der Waals surface area contributed by atoms with Gasteiger partial charge in [-0.15, -0.1) is 0 Å². The maximum Gasteiger partial charge on any atom is 0.320 e. The number of carboxylic acid groups (broad SMARTS) is 2. The average Bonchev–Trinajstić information content (AvgIpc) is 2.92. The number of aliphatic imine (C=N–C) groups is 2. The Hall–Kier alpha value is -1.32. The zero-order valence-electron chi connectivity index (χ0n) is 12.1. The number of aliphatic carboxylic acids is 2. The topological polar surface area (TPSA) is 177 Å². The maximum atomic E-state index is 10.3. The minimum absolute atomic E-state index is 0. The molecule has 0 aromatic rings. The summed E-state index contributed by atoms with van der Waals surface area (Å²) >= 11 is 0. The normalized spacial score (nSPS) is 15.0. The number of hydrogen-bond donors (Lipinski definition) is 5. The van der Waals surface area contributed by atoms with Crippen molar-refractivity contribution in [1.29, 1.82) is 0 Å². The van der Waals surface area contributed by atoms with Gasteiger partial charge in [0.25, 0.3) is 0 Å². The van der Waals surface area contributed by atoms with Crippen LogP contribution in [-0.4, -0.2) is 59.4 Å². The van der Waals surface area contributed by atoms with Crippen LogP contribution >= 0.6 is 0 Å². The number of nitrogens with zero attached hydrogens (tertiary/aromatic N) is 2. The van der Waals surface area contributed by atoms with Crippen molar-refractivity contribution in [2.45, 2.75) is 37.8 Å². The van der Waals surface area contributed by atoms with Crippen LogP contribution in [0.15, 0.2) is 9.98 Å². The Bertz CT molecular complexity index is 403. The summed E-state index contributed by atoms with van der Waals surface area (Å²) in [6, 6.07) is -1.57. The van der Waals surface area contributed by atoms with Crippen molar-refractivity contribution >= 4 is 24.0 Å². The zero-order chi connectivity index (χ0) is 16.3. The number of carbonyl (C=O) groups is 2. The van der Waals surface area contributed by atoms with Gasteiger partial charge in [0.1, 0.15) is 18.4 Å². The van der Waals surface area contributed by atoms with Gasteiger partial charge in [-0.05, 0) is 19.4 Å². The molecule has 0 fully saturated rings. The fraction of sp³-hybridized carbons (Fsp3) is 0.667. The molecule has 0 bridgehead atoms. The summed E-state index contributed by atoms with van der Waals surface area (Å²) in [7, 11) is 0. The number of rotatable bonds is 8. The first-order chi connectivity index (χ1) is 9.88. The van der Waals surface area contributed by atoms with E-state index in [1.807, 2.05) is 0 Å². The molecule has 1 rings (SSSR count). The van der Waals surface area contributed by atoms with Crippen molar-refractivity contribution in [2.24, 2.45) is 27.2 Å². The average molecular weight is 365 g/mol. The minimum Gasteiger partial charge on any atom is -0.480 e. The maximum absolute atomic E-state index is 10.3. The molecular formula is C12H23CuN5O4. The molecule has 9 nitrogen and oxygen atoms in total. The van der Waals surface area contributed by atoms with Crippen molar-refractivity contribution < 1.29 is 36.9 Å². The van der Waals surface area contributed by atoms with Crippen LogP contribution in [0.2, 0.25) is 0 Å². The Balaban J connectivity index is 0. The van der Waals surface area contributed by atoms with E-state index in [1.165, 1.54) is 6.34 Å². The van der Waals surface area contributed by atoms with E-state index in [0.29, 0.717) is 19.5 Å². The first kappa shape index (κ1) is 23.0. The van der Waals surface area contributed by atoms with Crippen LogP contribution < -0.4 is 17.2 Å². The van der Waals surface area contributed by atoms with Crippen molar-refractivity contribution in [2.75, 3.05) is 13.1 Å². The summed E-state index contributed by atoms with van der Waals surface area (Å²) < 4.78 is 0. The second kappa shape index (κ2) is 13.3. The van der Waals surface area contributed by atoms with Crippen LogP contribution in [0.3, 0.4) is 0 Å². The van der Waals surface area contributed by atoms with E-state index in [1.54, 1.807) is 0 Å². The van der Waals surface area contributed by atoms with Crippen molar-refractivity contribution in [1.82, 2.24) is 0 Å². The van der Waals surface area contributed by atoms with Gasteiger partial charge in [0.15, 0.2) is 0 Å². The van der Waals surface area contributed by atoms with Gasteiger partial charge in [-0.25, -0.2) is 4.99 Å². The van der Waals surface area contributed by atoms with E-state index < -0.39 is 24.0 Å². The molecule has 1 aliphatic rings. The molecule has 131 valence electrons. The van der Waals surface area contributed by atoms with Gasteiger partial charge in [-0.3, -0.25) is 14.6 Å². The van der Waals surface area contributed by atoms with Gasteiger partial charge in [0, 0.05) is 29.2 Å². The molecular weight excluding hydrogens is 342 g/mol. The van der Waals surface area contributed by atoms with Gasteiger partial charge < -0.3 is 27.4 Å². The standard InChI is InChI=1S/C6H9N3O2.C6H14N2O2.Cu/c7-5(6(10)11)1-4-2-8-3-9-4;7-4-2-1-3-5(8)6(9)10;/h3,5H,1-2,7H2,(H,10,11);5H,1-4,7-8H2,(H,9,10);/t2*5-;/m00./s1. The molecule has 0 aromatic carbocycles. The van der Waals surface area contributed by atoms with Crippen LogP contribution in [0.5, 0.6) is 0 Å². The Labute approximate surface area is 139 Å². The van der Waals surface area contributed by atoms with Gasteiger partial charge in [0.2, 0.25) is 0 Å². The van der Waals surface area contributed by atoms with Crippen LogP contribution in [0.4, 0.5) is 0 Å². The third-order valence-electron chi connectivity index (χ3n) is 2.65. The second-order valence-corrected chi connectivity index (χ2v) is 4.53. The van der Waals surface area contributed by atoms with Crippen LogP contribution in [-0.2, 0) is 26.7 Å². The van der Waals surface area contributed by atoms with Gasteiger partial charge in [-0.1, -0.05) is 6.42 Å². The summed E-state index contributed by atoms with van der Waals surface area (Å²) in [5.41, 5.74) is 16.4.